The van der Waals surface area contributed by atoms with Gasteiger partial charge in [0.25, 0.3) is 0 Å². The summed E-state index contributed by atoms with van der Waals surface area (Å²) in [6.45, 7) is 3.28. The summed E-state index contributed by atoms with van der Waals surface area (Å²) in [7, 11) is 2.18. The van der Waals surface area contributed by atoms with Crippen LogP contribution in [0.2, 0.25) is 0 Å². The maximum atomic E-state index is 7.77. The number of nitrogens with zero attached hydrogens (tertiary/aromatic N) is 1. The number of hydrogen-bond acceptors (Lipinski definition) is 1. The molecule has 2 heteroatoms. The first kappa shape index (κ1) is 4.66. The molecule has 0 fully saturated rings. The second kappa shape index (κ2) is 1.93. The van der Waals surface area contributed by atoms with Crippen LogP contribution in [0.25, 0.3) is 0 Å². The van der Waals surface area contributed by atoms with E-state index in [-0.39, 0.29) is 0 Å². The van der Waals surface area contributed by atoms with Gasteiger partial charge in [-0.1, -0.05) is 15.8 Å². The Hall–Kier alpha value is -0.340. The molecule has 1 unspecified atom stereocenters. The molecule has 0 saturated carbocycles. The standard InChI is InChI=1S/C3H4NP/c1-3(5)2-4/h1,5H2. The fourth-order valence-corrected chi connectivity index (χ4v) is 0. The maximum Gasteiger partial charge on any atom is 0.0984 e. The van der Waals surface area contributed by atoms with Crippen LogP contribution < -0.4 is 0 Å². The third kappa shape index (κ3) is 3.66. The van der Waals surface area contributed by atoms with Crippen LogP contribution in [0.15, 0.2) is 11.9 Å². The molecule has 0 aromatic carbocycles. The molecule has 0 aromatic heterocycles. The van der Waals surface area contributed by atoms with Crippen molar-refractivity contribution in [2.75, 3.05) is 0 Å². The van der Waals surface area contributed by atoms with Gasteiger partial charge in [-0.2, -0.15) is 5.26 Å². The first-order valence-electron chi connectivity index (χ1n) is 1.12. The minimum Gasteiger partial charge on any atom is -0.192 e. The van der Waals surface area contributed by atoms with E-state index in [4.69, 9.17) is 5.26 Å². The molecule has 0 N–H and O–H groups in total. The average Bonchev–Trinajstić information content (AvgIpc) is 1.38. The van der Waals surface area contributed by atoms with Crippen LogP contribution in [0, 0.1) is 11.3 Å². The third-order valence-corrected chi connectivity index (χ3v) is 0.273. The summed E-state index contributed by atoms with van der Waals surface area (Å²) in [4.78, 5) is 0. The highest BCUT2D eigenvalue weighted by Gasteiger charge is 1.64. The number of nitriles is 1. The predicted molar refractivity (Wildman–Crippen MR) is 24.5 cm³/mol. The molecule has 0 radical (unpaired) electrons. The monoisotopic (exact) mass is 85.0 g/mol. The van der Waals surface area contributed by atoms with E-state index in [1.54, 1.807) is 6.07 Å². The lowest BCUT2D eigenvalue weighted by molar-refractivity contribution is 1.53. The van der Waals surface area contributed by atoms with E-state index in [0.717, 1.165) is 0 Å². The summed E-state index contributed by atoms with van der Waals surface area (Å²) in [6, 6.07) is 1.80. The fraction of sp³-hybridized carbons (Fsp3) is 0. The molecule has 0 aliphatic rings. The Morgan fingerprint density at radius 3 is 2.20 bits per heavy atom. The van der Waals surface area contributed by atoms with E-state index in [2.05, 4.69) is 15.8 Å². The van der Waals surface area contributed by atoms with E-state index in [1.807, 2.05) is 0 Å². The fourth-order valence-electron chi connectivity index (χ4n) is 0. The number of rotatable bonds is 0. The minimum atomic E-state index is 0.477. The van der Waals surface area contributed by atoms with Crippen molar-refractivity contribution in [3.63, 3.8) is 0 Å². The smallest absolute Gasteiger partial charge is 0.0984 e. The predicted octanol–water partition coefficient (Wildman–Crippen LogP) is 0.899. The Kier molecular flexibility index (Phi) is 1.80. The van der Waals surface area contributed by atoms with Gasteiger partial charge in [0.05, 0.1) is 6.07 Å². The van der Waals surface area contributed by atoms with Crippen LogP contribution >= 0.6 is 9.24 Å². The van der Waals surface area contributed by atoms with Crippen molar-refractivity contribution in [1.29, 1.82) is 5.26 Å². The Bertz CT molecular complexity index is 79.4. The van der Waals surface area contributed by atoms with E-state index >= 15 is 0 Å². The average molecular weight is 85.0 g/mol. The van der Waals surface area contributed by atoms with E-state index in [1.165, 1.54) is 0 Å². The van der Waals surface area contributed by atoms with Gasteiger partial charge in [0.1, 0.15) is 0 Å². The molecular weight excluding hydrogens is 81.0 g/mol. The second-order valence-corrected chi connectivity index (χ2v) is 1.33. The second-order valence-electron chi connectivity index (χ2n) is 0.637. The van der Waals surface area contributed by atoms with Crippen LogP contribution in [-0.4, -0.2) is 0 Å². The summed E-state index contributed by atoms with van der Waals surface area (Å²) < 4.78 is 0. The molecule has 1 atom stereocenters. The molecule has 0 spiro atoms. The summed E-state index contributed by atoms with van der Waals surface area (Å²) in [5.41, 5.74) is 0. The quantitative estimate of drug-likeness (QED) is 0.316. The first-order valence-corrected chi connectivity index (χ1v) is 1.69. The summed E-state index contributed by atoms with van der Waals surface area (Å²) in [6.07, 6.45) is 0. The summed E-state index contributed by atoms with van der Waals surface area (Å²) >= 11 is 0. The van der Waals surface area contributed by atoms with Gasteiger partial charge in [-0.3, -0.25) is 0 Å². The summed E-state index contributed by atoms with van der Waals surface area (Å²) in [5.74, 6) is 0. The van der Waals surface area contributed by atoms with Crippen LogP contribution in [0.5, 0.6) is 0 Å². The molecule has 0 saturated heterocycles. The van der Waals surface area contributed by atoms with E-state index in [0.29, 0.717) is 5.31 Å². The first-order chi connectivity index (χ1) is 2.27. The molecule has 0 aliphatic carbocycles. The molecule has 0 heterocycles. The van der Waals surface area contributed by atoms with E-state index < -0.39 is 0 Å². The molecule has 5 heavy (non-hydrogen) atoms. The van der Waals surface area contributed by atoms with Gasteiger partial charge in [0, 0.05) is 5.31 Å². The van der Waals surface area contributed by atoms with Crippen molar-refractivity contribution in [1.82, 2.24) is 0 Å². The minimum absolute atomic E-state index is 0.477. The summed E-state index contributed by atoms with van der Waals surface area (Å²) in [5, 5.41) is 8.25. The van der Waals surface area contributed by atoms with Crippen molar-refractivity contribution in [2.45, 2.75) is 0 Å². The van der Waals surface area contributed by atoms with Crippen molar-refractivity contribution < 1.29 is 0 Å². The molecule has 0 aliphatic heterocycles. The lowest BCUT2D eigenvalue weighted by atomic mass is 10.7. The van der Waals surface area contributed by atoms with Gasteiger partial charge in [0.2, 0.25) is 0 Å². The Morgan fingerprint density at radius 1 is 2.00 bits per heavy atom. The van der Waals surface area contributed by atoms with Crippen molar-refractivity contribution in [3.05, 3.63) is 11.9 Å². The van der Waals surface area contributed by atoms with Gasteiger partial charge in [0.15, 0.2) is 0 Å². The van der Waals surface area contributed by atoms with Gasteiger partial charge >= 0.3 is 0 Å². The largest absolute Gasteiger partial charge is 0.192 e. The molecule has 0 bridgehead atoms. The number of hydrogen-bond donors (Lipinski definition) is 0. The van der Waals surface area contributed by atoms with Crippen LogP contribution in [0.3, 0.4) is 0 Å². The van der Waals surface area contributed by atoms with Crippen LogP contribution in [0.4, 0.5) is 0 Å². The molecule has 1 nitrogen and oxygen atoms in total. The molecule has 0 aromatic rings. The molecular formula is C3H4NP. The van der Waals surface area contributed by atoms with Gasteiger partial charge in [-0.25, -0.2) is 0 Å². The van der Waals surface area contributed by atoms with Gasteiger partial charge in [-0.05, 0) is 0 Å². The zero-order valence-corrected chi connectivity index (χ0v) is 3.89. The SMILES string of the molecule is C=C(P)C#N. The normalized spacial score (nSPS) is 5.60. The zero-order valence-electron chi connectivity index (χ0n) is 2.73. The van der Waals surface area contributed by atoms with Crippen LogP contribution in [0.1, 0.15) is 0 Å². The van der Waals surface area contributed by atoms with Crippen LogP contribution in [-0.2, 0) is 0 Å². The van der Waals surface area contributed by atoms with E-state index in [9.17, 15) is 0 Å². The van der Waals surface area contributed by atoms with Gasteiger partial charge in [-0.15, -0.1) is 0 Å². The Balaban J connectivity index is 3.35. The molecule has 26 valence electrons. The van der Waals surface area contributed by atoms with Crippen molar-refractivity contribution in [3.8, 4) is 6.07 Å². The molecule has 0 rings (SSSR count). The highest BCUT2D eigenvalue weighted by atomic mass is 31.0. The topological polar surface area (TPSA) is 23.8 Å². The lowest BCUT2D eigenvalue weighted by Gasteiger charge is -1.62. The third-order valence-electron chi connectivity index (χ3n) is 0.144. The Labute approximate surface area is 33.5 Å². The maximum absolute atomic E-state index is 7.77. The van der Waals surface area contributed by atoms with Gasteiger partial charge < -0.3 is 0 Å². The highest BCUT2D eigenvalue weighted by Crippen LogP contribution is 1.94. The van der Waals surface area contributed by atoms with Crippen molar-refractivity contribution >= 4 is 9.24 Å². The zero-order chi connectivity index (χ0) is 4.28. The van der Waals surface area contributed by atoms with Crippen molar-refractivity contribution in [2.24, 2.45) is 0 Å². The number of allylic oxidation sites excluding steroid dienone is 1. The lowest BCUT2D eigenvalue weighted by Crippen LogP contribution is -1.43. The highest BCUT2D eigenvalue weighted by molar-refractivity contribution is 7.23. The molecule has 0 amide bonds. The Morgan fingerprint density at radius 2 is 2.20 bits per heavy atom.